The van der Waals surface area contributed by atoms with E-state index < -0.39 is 0 Å². The molecule has 0 amide bonds. The summed E-state index contributed by atoms with van der Waals surface area (Å²) in [5.74, 6) is 0.303. The highest BCUT2D eigenvalue weighted by Gasteiger charge is 1.97. The zero-order valence-corrected chi connectivity index (χ0v) is 6.70. The highest BCUT2D eigenvalue weighted by molar-refractivity contribution is 4.93. The average molecular weight is 154 g/mol. The lowest BCUT2D eigenvalue weighted by Crippen LogP contribution is -2.21. The van der Waals surface area contributed by atoms with Crippen molar-refractivity contribution < 1.29 is 5.11 Å². The second-order valence-electron chi connectivity index (χ2n) is 2.74. The van der Waals surface area contributed by atoms with E-state index in [1.807, 2.05) is 36.1 Å². The molecule has 0 aliphatic rings. The standard InChI is InChI=1S/C8H14N2O/c1-8(7-11)6-9-10-4-2-3-5-10/h2-5,8-9,11H,6-7H2,1H3. The van der Waals surface area contributed by atoms with Crippen molar-refractivity contribution in [1.29, 1.82) is 0 Å². The minimum absolute atomic E-state index is 0.230. The number of hydrogen-bond donors (Lipinski definition) is 2. The van der Waals surface area contributed by atoms with Crippen LogP contribution in [0.2, 0.25) is 0 Å². The molecule has 0 saturated carbocycles. The lowest BCUT2D eigenvalue weighted by Gasteiger charge is -2.10. The maximum Gasteiger partial charge on any atom is 0.0474 e. The fourth-order valence-electron chi connectivity index (χ4n) is 0.766. The predicted octanol–water partition coefficient (Wildman–Crippen LogP) is 0.660. The summed E-state index contributed by atoms with van der Waals surface area (Å²) in [7, 11) is 0. The van der Waals surface area contributed by atoms with Gasteiger partial charge in [0, 0.05) is 25.5 Å². The molecule has 2 N–H and O–H groups in total. The van der Waals surface area contributed by atoms with Gasteiger partial charge in [-0.05, 0) is 18.1 Å². The Bertz CT molecular complexity index is 184. The Kier molecular flexibility index (Phi) is 2.98. The summed E-state index contributed by atoms with van der Waals surface area (Å²) >= 11 is 0. The number of aliphatic hydroxyl groups excluding tert-OH is 1. The van der Waals surface area contributed by atoms with Crippen molar-refractivity contribution in [2.75, 3.05) is 18.6 Å². The number of rotatable bonds is 4. The fraction of sp³-hybridized carbons (Fsp3) is 0.500. The summed E-state index contributed by atoms with van der Waals surface area (Å²) in [6, 6.07) is 3.91. The van der Waals surface area contributed by atoms with Gasteiger partial charge in [-0.1, -0.05) is 6.92 Å². The molecular formula is C8H14N2O. The quantitative estimate of drug-likeness (QED) is 0.668. The first-order valence-electron chi connectivity index (χ1n) is 3.80. The number of nitrogens with zero attached hydrogens (tertiary/aromatic N) is 1. The van der Waals surface area contributed by atoms with E-state index >= 15 is 0 Å². The normalized spacial score (nSPS) is 12.9. The topological polar surface area (TPSA) is 37.2 Å². The summed E-state index contributed by atoms with van der Waals surface area (Å²) in [5, 5.41) is 8.71. The molecule has 0 spiro atoms. The third-order valence-electron chi connectivity index (χ3n) is 1.54. The Morgan fingerprint density at radius 1 is 1.45 bits per heavy atom. The molecule has 62 valence electrons. The van der Waals surface area contributed by atoms with Gasteiger partial charge in [0.05, 0.1) is 0 Å². The molecular weight excluding hydrogens is 140 g/mol. The lowest BCUT2D eigenvalue weighted by molar-refractivity contribution is 0.242. The van der Waals surface area contributed by atoms with Gasteiger partial charge in [-0.3, -0.25) is 4.68 Å². The summed E-state index contributed by atoms with van der Waals surface area (Å²) < 4.78 is 1.88. The number of hydrogen-bond acceptors (Lipinski definition) is 2. The van der Waals surface area contributed by atoms with Crippen molar-refractivity contribution in [2.45, 2.75) is 6.92 Å². The molecule has 0 aliphatic carbocycles. The average Bonchev–Trinajstić information content (AvgIpc) is 2.52. The molecule has 0 aliphatic heterocycles. The van der Waals surface area contributed by atoms with Crippen LogP contribution in [-0.2, 0) is 0 Å². The highest BCUT2D eigenvalue weighted by atomic mass is 16.3. The van der Waals surface area contributed by atoms with Gasteiger partial charge in [-0.15, -0.1) is 0 Å². The Labute approximate surface area is 66.6 Å². The van der Waals surface area contributed by atoms with Gasteiger partial charge >= 0.3 is 0 Å². The zero-order valence-electron chi connectivity index (χ0n) is 6.70. The van der Waals surface area contributed by atoms with Gasteiger partial charge < -0.3 is 10.5 Å². The maximum atomic E-state index is 8.71. The molecule has 1 heterocycles. The van der Waals surface area contributed by atoms with Gasteiger partial charge in [0.1, 0.15) is 0 Å². The first kappa shape index (κ1) is 8.14. The molecule has 1 atom stereocenters. The summed E-state index contributed by atoms with van der Waals surface area (Å²) in [4.78, 5) is 0. The van der Waals surface area contributed by atoms with Crippen LogP contribution in [0.1, 0.15) is 6.92 Å². The van der Waals surface area contributed by atoms with Gasteiger partial charge in [0.25, 0.3) is 0 Å². The van der Waals surface area contributed by atoms with Crippen LogP contribution in [0.25, 0.3) is 0 Å². The Morgan fingerprint density at radius 3 is 2.64 bits per heavy atom. The second kappa shape index (κ2) is 4.03. The van der Waals surface area contributed by atoms with E-state index in [0.717, 1.165) is 6.54 Å². The van der Waals surface area contributed by atoms with Crippen molar-refractivity contribution in [3.8, 4) is 0 Å². The molecule has 3 heteroatoms. The molecule has 1 aromatic heterocycles. The monoisotopic (exact) mass is 154 g/mol. The molecule has 11 heavy (non-hydrogen) atoms. The van der Waals surface area contributed by atoms with E-state index in [9.17, 15) is 0 Å². The minimum atomic E-state index is 0.230. The van der Waals surface area contributed by atoms with Crippen LogP contribution in [0, 0.1) is 5.92 Å². The van der Waals surface area contributed by atoms with Crippen LogP contribution < -0.4 is 5.43 Å². The van der Waals surface area contributed by atoms with Crippen molar-refractivity contribution in [3.05, 3.63) is 24.5 Å². The number of aliphatic hydroxyl groups is 1. The predicted molar refractivity (Wildman–Crippen MR) is 44.9 cm³/mol. The smallest absolute Gasteiger partial charge is 0.0474 e. The zero-order chi connectivity index (χ0) is 8.10. The third-order valence-corrected chi connectivity index (χ3v) is 1.54. The SMILES string of the molecule is CC(CO)CNn1cccc1. The minimum Gasteiger partial charge on any atom is -0.396 e. The molecule has 0 bridgehead atoms. The molecule has 0 saturated heterocycles. The van der Waals surface area contributed by atoms with Crippen molar-refractivity contribution >= 4 is 0 Å². The van der Waals surface area contributed by atoms with E-state index in [1.165, 1.54) is 0 Å². The second-order valence-corrected chi connectivity index (χ2v) is 2.74. The van der Waals surface area contributed by atoms with E-state index in [1.54, 1.807) is 0 Å². The molecule has 1 aromatic rings. The fourth-order valence-corrected chi connectivity index (χ4v) is 0.766. The van der Waals surface area contributed by atoms with Gasteiger partial charge in [-0.2, -0.15) is 0 Å². The van der Waals surface area contributed by atoms with Crippen LogP contribution in [0.5, 0.6) is 0 Å². The van der Waals surface area contributed by atoms with Crippen LogP contribution in [0.4, 0.5) is 0 Å². The Morgan fingerprint density at radius 2 is 2.09 bits per heavy atom. The molecule has 1 rings (SSSR count). The van der Waals surface area contributed by atoms with Crippen molar-refractivity contribution in [3.63, 3.8) is 0 Å². The van der Waals surface area contributed by atoms with Crippen LogP contribution in [0.3, 0.4) is 0 Å². The molecule has 0 aromatic carbocycles. The van der Waals surface area contributed by atoms with Gasteiger partial charge in [-0.25, -0.2) is 0 Å². The highest BCUT2D eigenvalue weighted by Crippen LogP contribution is 1.91. The molecule has 0 fully saturated rings. The van der Waals surface area contributed by atoms with E-state index in [4.69, 9.17) is 5.11 Å². The number of nitrogens with one attached hydrogen (secondary N) is 1. The lowest BCUT2D eigenvalue weighted by atomic mass is 10.2. The van der Waals surface area contributed by atoms with E-state index in [0.29, 0.717) is 5.92 Å². The summed E-state index contributed by atoms with van der Waals surface area (Å²) in [6.07, 6.45) is 3.87. The Hall–Kier alpha value is -0.960. The van der Waals surface area contributed by atoms with Crippen LogP contribution in [0.15, 0.2) is 24.5 Å². The van der Waals surface area contributed by atoms with Gasteiger partial charge in [0.15, 0.2) is 0 Å². The van der Waals surface area contributed by atoms with Crippen molar-refractivity contribution in [2.24, 2.45) is 5.92 Å². The first-order valence-corrected chi connectivity index (χ1v) is 3.80. The maximum absolute atomic E-state index is 8.71. The summed E-state index contributed by atoms with van der Waals surface area (Å²) in [6.45, 7) is 3.02. The molecule has 1 unspecified atom stereocenters. The first-order chi connectivity index (χ1) is 5.33. The van der Waals surface area contributed by atoms with Crippen LogP contribution in [-0.4, -0.2) is 22.9 Å². The number of aromatic nitrogens is 1. The summed E-state index contributed by atoms with van der Waals surface area (Å²) in [5.41, 5.74) is 3.13. The van der Waals surface area contributed by atoms with E-state index in [-0.39, 0.29) is 6.61 Å². The molecule has 3 nitrogen and oxygen atoms in total. The Balaban J connectivity index is 2.23. The van der Waals surface area contributed by atoms with E-state index in [2.05, 4.69) is 5.43 Å². The largest absolute Gasteiger partial charge is 0.396 e. The third kappa shape index (κ3) is 2.63. The van der Waals surface area contributed by atoms with Crippen molar-refractivity contribution in [1.82, 2.24) is 4.68 Å². The molecule has 0 radical (unpaired) electrons. The van der Waals surface area contributed by atoms with Crippen LogP contribution >= 0.6 is 0 Å². The van der Waals surface area contributed by atoms with Gasteiger partial charge in [0.2, 0.25) is 0 Å².